The summed E-state index contributed by atoms with van der Waals surface area (Å²) in [5.74, 6) is -0.712. The lowest BCUT2D eigenvalue weighted by Crippen LogP contribution is -2.42. The molecule has 1 atom stereocenters. The average molecular weight is 292 g/mol. The van der Waals surface area contributed by atoms with Crippen molar-refractivity contribution in [3.8, 4) is 0 Å². The molecule has 0 aliphatic rings. The number of esters is 1. The van der Waals surface area contributed by atoms with Gasteiger partial charge in [0.2, 0.25) is 9.47 Å². The second-order valence-corrected chi connectivity index (χ2v) is 5.60. The first-order valence-corrected chi connectivity index (χ1v) is 6.51. The summed E-state index contributed by atoms with van der Waals surface area (Å²) in [6, 6.07) is -0.690. The first-order valence-electron chi connectivity index (χ1n) is 5.31. The summed E-state index contributed by atoms with van der Waals surface area (Å²) in [5, 5.41) is 9.82. The molecular weight excluding hydrogens is 278 g/mol. The van der Waals surface area contributed by atoms with Gasteiger partial charge in [0, 0.05) is 0 Å². The second-order valence-electron chi connectivity index (χ2n) is 4.04. The van der Waals surface area contributed by atoms with Crippen LogP contribution in [-0.4, -0.2) is 35.2 Å². The van der Waals surface area contributed by atoms with Crippen molar-refractivity contribution in [2.45, 2.75) is 26.3 Å². The van der Waals surface area contributed by atoms with E-state index < -0.39 is 17.9 Å². The fraction of sp³-hybridized carbons (Fsp3) is 0.600. The molecule has 6 nitrogen and oxygen atoms in total. The summed E-state index contributed by atoms with van der Waals surface area (Å²) in [6.07, 6.45) is 0.491. The Hall–Kier alpha value is -1.21. The fourth-order valence-electron chi connectivity index (χ4n) is 1.34. The SMILES string of the molecule is COC(=O)C(CC(C)C)NC(=O)c1nnc(Cl)s1. The van der Waals surface area contributed by atoms with Crippen LogP contribution in [0.5, 0.6) is 0 Å². The molecule has 1 amide bonds. The summed E-state index contributed by atoms with van der Waals surface area (Å²) in [6.45, 7) is 3.90. The average Bonchev–Trinajstić information content (AvgIpc) is 2.73. The lowest BCUT2D eigenvalue weighted by Gasteiger charge is -2.17. The Morgan fingerprint density at radius 3 is 2.56 bits per heavy atom. The van der Waals surface area contributed by atoms with Crippen LogP contribution >= 0.6 is 22.9 Å². The third-order valence-corrected chi connectivity index (χ3v) is 3.11. The molecule has 0 radical (unpaired) electrons. The van der Waals surface area contributed by atoms with Gasteiger partial charge in [-0.15, -0.1) is 10.2 Å². The summed E-state index contributed by atoms with van der Waals surface area (Å²) in [5.41, 5.74) is 0. The van der Waals surface area contributed by atoms with Crippen LogP contribution in [0, 0.1) is 5.92 Å². The summed E-state index contributed by atoms with van der Waals surface area (Å²) in [7, 11) is 1.28. The molecule has 100 valence electrons. The maximum Gasteiger partial charge on any atom is 0.328 e. The van der Waals surface area contributed by atoms with E-state index in [1.165, 1.54) is 7.11 Å². The highest BCUT2D eigenvalue weighted by Gasteiger charge is 2.24. The van der Waals surface area contributed by atoms with E-state index in [1.54, 1.807) is 0 Å². The van der Waals surface area contributed by atoms with Crippen LogP contribution < -0.4 is 5.32 Å². The van der Waals surface area contributed by atoms with Gasteiger partial charge in [-0.1, -0.05) is 25.2 Å². The van der Waals surface area contributed by atoms with Crippen LogP contribution in [0.4, 0.5) is 0 Å². The predicted molar refractivity (Wildman–Crippen MR) is 67.6 cm³/mol. The van der Waals surface area contributed by atoms with Gasteiger partial charge in [0.1, 0.15) is 6.04 Å². The molecule has 1 aromatic rings. The standard InChI is InChI=1S/C10H14ClN3O3S/c1-5(2)4-6(9(16)17-3)12-7(15)8-13-14-10(11)18-8/h5-6H,4H2,1-3H3,(H,12,15). The third-order valence-electron chi connectivity index (χ3n) is 2.09. The van der Waals surface area contributed by atoms with Gasteiger partial charge in [-0.2, -0.15) is 0 Å². The zero-order chi connectivity index (χ0) is 13.7. The number of carbonyl (C=O) groups excluding carboxylic acids is 2. The first-order chi connectivity index (χ1) is 8.43. The van der Waals surface area contributed by atoms with E-state index in [2.05, 4.69) is 20.3 Å². The monoisotopic (exact) mass is 291 g/mol. The number of nitrogens with one attached hydrogen (secondary N) is 1. The zero-order valence-electron chi connectivity index (χ0n) is 10.3. The Bertz CT molecular complexity index is 436. The number of carbonyl (C=O) groups is 2. The molecule has 1 N–H and O–H groups in total. The van der Waals surface area contributed by atoms with Crippen molar-refractivity contribution in [1.82, 2.24) is 15.5 Å². The summed E-state index contributed by atoms with van der Waals surface area (Å²) in [4.78, 5) is 23.3. The number of hydrogen-bond acceptors (Lipinski definition) is 6. The highest BCUT2D eigenvalue weighted by molar-refractivity contribution is 7.17. The number of nitrogens with zero attached hydrogens (tertiary/aromatic N) is 2. The maximum absolute atomic E-state index is 11.8. The number of amides is 1. The van der Waals surface area contributed by atoms with Crippen molar-refractivity contribution in [2.24, 2.45) is 5.92 Å². The van der Waals surface area contributed by atoms with Crippen molar-refractivity contribution in [2.75, 3.05) is 7.11 Å². The van der Waals surface area contributed by atoms with Gasteiger partial charge in [0.25, 0.3) is 5.91 Å². The molecule has 0 saturated heterocycles. The molecule has 1 heterocycles. The van der Waals surface area contributed by atoms with Gasteiger partial charge in [-0.05, 0) is 23.9 Å². The number of hydrogen-bond donors (Lipinski definition) is 1. The molecule has 0 fully saturated rings. The molecule has 1 aromatic heterocycles. The van der Waals surface area contributed by atoms with Gasteiger partial charge in [0.05, 0.1) is 7.11 Å². The van der Waals surface area contributed by atoms with E-state index in [0.717, 1.165) is 11.3 Å². The van der Waals surface area contributed by atoms with Crippen LogP contribution in [-0.2, 0) is 9.53 Å². The minimum atomic E-state index is -0.690. The first kappa shape index (κ1) is 14.8. The molecule has 1 unspecified atom stereocenters. The Labute approximate surface area is 114 Å². The van der Waals surface area contributed by atoms with E-state index in [-0.39, 0.29) is 15.4 Å². The van der Waals surface area contributed by atoms with Gasteiger partial charge in [-0.25, -0.2) is 4.79 Å². The minimum absolute atomic E-state index is 0.123. The topological polar surface area (TPSA) is 81.2 Å². The fourth-order valence-corrected chi connectivity index (χ4v) is 2.08. The maximum atomic E-state index is 11.8. The molecule has 0 spiro atoms. The number of aromatic nitrogens is 2. The molecule has 0 saturated carbocycles. The summed E-state index contributed by atoms with van der Waals surface area (Å²) < 4.78 is 4.82. The van der Waals surface area contributed by atoms with Crippen LogP contribution in [0.1, 0.15) is 30.1 Å². The molecular formula is C10H14ClN3O3S. The normalized spacial score (nSPS) is 12.3. The van der Waals surface area contributed by atoms with Crippen LogP contribution in [0.15, 0.2) is 0 Å². The van der Waals surface area contributed by atoms with Crippen molar-refractivity contribution >= 4 is 34.8 Å². The van der Waals surface area contributed by atoms with Gasteiger partial charge in [0.15, 0.2) is 0 Å². The van der Waals surface area contributed by atoms with E-state index in [9.17, 15) is 9.59 Å². The molecule has 0 aliphatic carbocycles. The van der Waals surface area contributed by atoms with E-state index in [0.29, 0.717) is 6.42 Å². The van der Waals surface area contributed by atoms with E-state index in [4.69, 9.17) is 11.6 Å². The Morgan fingerprint density at radius 1 is 1.44 bits per heavy atom. The number of methoxy groups -OCH3 is 1. The van der Waals surface area contributed by atoms with Crippen molar-refractivity contribution in [3.63, 3.8) is 0 Å². The molecule has 1 rings (SSSR count). The van der Waals surface area contributed by atoms with Gasteiger partial charge < -0.3 is 10.1 Å². The molecule has 0 aromatic carbocycles. The van der Waals surface area contributed by atoms with Gasteiger partial charge in [-0.3, -0.25) is 4.79 Å². The lowest BCUT2D eigenvalue weighted by atomic mass is 10.0. The van der Waals surface area contributed by atoms with Crippen LogP contribution in [0.2, 0.25) is 4.47 Å². The van der Waals surface area contributed by atoms with Crippen LogP contribution in [0.25, 0.3) is 0 Å². The third kappa shape index (κ3) is 4.23. The van der Waals surface area contributed by atoms with Crippen LogP contribution in [0.3, 0.4) is 0 Å². The lowest BCUT2D eigenvalue weighted by molar-refractivity contribution is -0.143. The minimum Gasteiger partial charge on any atom is -0.467 e. The predicted octanol–water partition coefficient (Wildman–Crippen LogP) is 1.51. The largest absolute Gasteiger partial charge is 0.467 e. The summed E-state index contributed by atoms with van der Waals surface area (Å²) >= 11 is 6.54. The number of ether oxygens (including phenoxy) is 1. The van der Waals surface area contributed by atoms with Crippen molar-refractivity contribution in [1.29, 1.82) is 0 Å². The molecule has 0 aliphatic heterocycles. The Morgan fingerprint density at radius 2 is 2.11 bits per heavy atom. The van der Waals surface area contributed by atoms with E-state index >= 15 is 0 Å². The Kier molecular flexibility index (Phi) is 5.49. The highest BCUT2D eigenvalue weighted by atomic mass is 35.5. The zero-order valence-corrected chi connectivity index (χ0v) is 11.8. The van der Waals surface area contributed by atoms with Crippen molar-refractivity contribution < 1.29 is 14.3 Å². The molecule has 0 bridgehead atoms. The second kappa shape index (κ2) is 6.65. The van der Waals surface area contributed by atoms with Gasteiger partial charge >= 0.3 is 5.97 Å². The molecule has 18 heavy (non-hydrogen) atoms. The quantitative estimate of drug-likeness (QED) is 0.832. The van der Waals surface area contributed by atoms with E-state index in [1.807, 2.05) is 13.8 Å². The Balaban J connectivity index is 2.71. The number of halogens is 1. The highest BCUT2D eigenvalue weighted by Crippen LogP contribution is 2.15. The number of rotatable bonds is 5. The smallest absolute Gasteiger partial charge is 0.328 e. The molecule has 8 heteroatoms. The van der Waals surface area contributed by atoms with Crippen molar-refractivity contribution in [3.05, 3.63) is 9.47 Å².